The standard InChI is InChI=1S/C11H20O5/c12-4-3-7-1-2-9-11(15-7)5-10(16-9)8(14)6-13/h7-14H,1-6H2/t7?,8-,9?,10?,11?/m1/s1. The average Bonchev–Trinajstić information content (AvgIpc) is 2.71. The molecule has 2 aliphatic heterocycles. The summed E-state index contributed by atoms with van der Waals surface area (Å²) in [7, 11) is 0. The van der Waals surface area contributed by atoms with Crippen LogP contribution in [0, 0.1) is 0 Å². The molecule has 2 rings (SSSR count). The van der Waals surface area contributed by atoms with Crippen molar-refractivity contribution in [3.63, 3.8) is 0 Å². The highest BCUT2D eigenvalue weighted by Crippen LogP contribution is 2.34. The molecule has 2 fully saturated rings. The van der Waals surface area contributed by atoms with Gasteiger partial charge in [0, 0.05) is 13.0 Å². The molecule has 0 aromatic heterocycles. The SMILES string of the molecule is OCCC1CCC2OC([C@H](O)CO)CC2O1. The van der Waals surface area contributed by atoms with E-state index in [-0.39, 0.29) is 37.6 Å². The highest BCUT2D eigenvalue weighted by Gasteiger charge is 2.42. The average molecular weight is 232 g/mol. The van der Waals surface area contributed by atoms with Gasteiger partial charge in [-0.05, 0) is 19.3 Å². The summed E-state index contributed by atoms with van der Waals surface area (Å²) in [6, 6.07) is 0. The first-order valence-corrected chi connectivity index (χ1v) is 5.95. The van der Waals surface area contributed by atoms with Gasteiger partial charge in [0.15, 0.2) is 0 Å². The molecule has 94 valence electrons. The van der Waals surface area contributed by atoms with E-state index in [1.54, 1.807) is 0 Å². The summed E-state index contributed by atoms with van der Waals surface area (Å²) in [5, 5.41) is 27.2. The fraction of sp³-hybridized carbons (Fsp3) is 1.00. The third-order valence-corrected chi connectivity index (χ3v) is 3.44. The first-order chi connectivity index (χ1) is 7.74. The lowest BCUT2D eigenvalue weighted by Gasteiger charge is -2.31. The summed E-state index contributed by atoms with van der Waals surface area (Å²) >= 11 is 0. The van der Waals surface area contributed by atoms with Crippen LogP contribution < -0.4 is 0 Å². The van der Waals surface area contributed by atoms with Gasteiger partial charge in [0.25, 0.3) is 0 Å². The van der Waals surface area contributed by atoms with Crippen molar-refractivity contribution in [3.8, 4) is 0 Å². The van der Waals surface area contributed by atoms with Crippen LogP contribution >= 0.6 is 0 Å². The van der Waals surface area contributed by atoms with E-state index in [0.29, 0.717) is 12.8 Å². The number of aliphatic hydroxyl groups excluding tert-OH is 3. The Kier molecular flexibility index (Phi) is 4.16. The molecular formula is C11H20O5. The molecule has 0 aromatic carbocycles. The summed E-state index contributed by atoms with van der Waals surface area (Å²) in [6.45, 7) is -0.129. The molecule has 5 atom stereocenters. The van der Waals surface area contributed by atoms with Gasteiger partial charge in [0.1, 0.15) is 6.10 Å². The normalized spacial score (nSPS) is 40.7. The Bertz CT molecular complexity index is 222. The van der Waals surface area contributed by atoms with E-state index in [9.17, 15) is 5.11 Å². The molecule has 4 unspecified atom stereocenters. The van der Waals surface area contributed by atoms with Crippen molar-refractivity contribution in [1.29, 1.82) is 0 Å². The van der Waals surface area contributed by atoms with E-state index in [4.69, 9.17) is 19.7 Å². The lowest BCUT2D eigenvalue weighted by atomic mass is 9.98. The van der Waals surface area contributed by atoms with Gasteiger partial charge >= 0.3 is 0 Å². The Hall–Kier alpha value is -0.200. The smallest absolute Gasteiger partial charge is 0.103 e. The molecule has 5 nitrogen and oxygen atoms in total. The Morgan fingerprint density at radius 2 is 1.94 bits per heavy atom. The number of ether oxygens (including phenoxy) is 2. The number of rotatable bonds is 4. The van der Waals surface area contributed by atoms with Crippen molar-refractivity contribution in [3.05, 3.63) is 0 Å². The van der Waals surface area contributed by atoms with Crippen LogP contribution in [-0.4, -0.2) is 59.1 Å². The van der Waals surface area contributed by atoms with Crippen LogP contribution in [0.4, 0.5) is 0 Å². The minimum Gasteiger partial charge on any atom is -0.396 e. The second-order valence-corrected chi connectivity index (χ2v) is 4.58. The maximum atomic E-state index is 9.50. The first-order valence-electron chi connectivity index (χ1n) is 5.95. The third kappa shape index (κ3) is 2.55. The quantitative estimate of drug-likeness (QED) is 0.605. The van der Waals surface area contributed by atoms with Gasteiger partial charge in [0.05, 0.1) is 31.0 Å². The number of hydrogen-bond donors (Lipinski definition) is 3. The summed E-state index contributed by atoms with van der Waals surface area (Å²) in [6.07, 6.45) is 2.13. The fourth-order valence-electron chi connectivity index (χ4n) is 2.53. The van der Waals surface area contributed by atoms with E-state index in [1.165, 1.54) is 0 Å². The van der Waals surface area contributed by atoms with Crippen molar-refractivity contribution in [2.24, 2.45) is 0 Å². The molecule has 0 radical (unpaired) electrons. The van der Waals surface area contributed by atoms with E-state index in [2.05, 4.69) is 0 Å². The molecule has 0 spiro atoms. The van der Waals surface area contributed by atoms with E-state index in [0.717, 1.165) is 12.8 Å². The molecule has 0 aromatic rings. The summed E-state index contributed by atoms with van der Waals surface area (Å²) < 4.78 is 11.4. The van der Waals surface area contributed by atoms with E-state index in [1.807, 2.05) is 0 Å². The molecule has 2 heterocycles. The Morgan fingerprint density at radius 3 is 2.62 bits per heavy atom. The highest BCUT2D eigenvalue weighted by molar-refractivity contribution is 4.90. The predicted molar refractivity (Wildman–Crippen MR) is 56.0 cm³/mol. The lowest BCUT2D eigenvalue weighted by Crippen LogP contribution is -2.36. The minimum atomic E-state index is -0.814. The van der Waals surface area contributed by atoms with E-state index < -0.39 is 6.10 Å². The zero-order valence-corrected chi connectivity index (χ0v) is 9.29. The molecule has 2 saturated heterocycles. The van der Waals surface area contributed by atoms with Crippen LogP contribution in [0.5, 0.6) is 0 Å². The molecule has 16 heavy (non-hydrogen) atoms. The van der Waals surface area contributed by atoms with Gasteiger partial charge in [-0.15, -0.1) is 0 Å². The zero-order chi connectivity index (χ0) is 11.5. The predicted octanol–water partition coefficient (Wildman–Crippen LogP) is -0.573. The van der Waals surface area contributed by atoms with Crippen LogP contribution in [0.15, 0.2) is 0 Å². The Balaban J connectivity index is 1.86. The van der Waals surface area contributed by atoms with Crippen molar-refractivity contribution < 1.29 is 24.8 Å². The van der Waals surface area contributed by atoms with Crippen molar-refractivity contribution in [2.75, 3.05) is 13.2 Å². The number of aliphatic hydroxyl groups is 3. The van der Waals surface area contributed by atoms with Gasteiger partial charge in [-0.25, -0.2) is 0 Å². The topological polar surface area (TPSA) is 79.2 Å². The first kappa shape index (κ1) is 12.3. The van der Waals surface area contributed by atoms with Crippen molar-refractivity contribution >= 4 is 0 Å². The van der Waals surface area contributed by atoms with Crippen molar-refractivity contribution in [1.82, 2.24) is 0 Å². The van der Waals surface area contributed by atoms with Crippen LogP contribution in [0.2, 0.25) is 0 Å². The Labute approximate surface area is 95.0 Å². The third-order valence-electron chi connectivity index (χ3n) is 3.44. The second-order valence-electron chi connectivity index (χ2n) is 4.58. The summed E-state index contributed by atoms with van der Waals surface area (Å²) in [5.74, 6) is 0. The summed E-state index contributed by atoms with van der Waals surface area (Å²) in [5.41, 5.74) is 0. The Morgan fingerprint density at radius 1 is 1.12 bits per heavy atom. The van der Waals surface area contributed by atoms with Crippen molar-refractivity contribution in [2.45, 2.75) is 56.2 Å². The highest BCUT2D eigenvalue weighted by atomic mass is 16.6. The minimum absolute atomic E-state index is 0.0106. The fourth-order valence-corrected chi connectivity index (χ4v) is 2.53. The van der Waals surface area contributed by atoms with Gasteiger partial charge in [-0.1, -0.05) is 0 Å². The number of hydrogen-bond acceptors (Lipinski definition) is 5. The van der Waals surface area contributed by atoms with Crippen LogP contribution in [0.3, 0.4) is 0 Å². The van der Waals surface area contributed by atoms with Gasteiger partial charge in [-0.2, -0.15) is 0 Å². The molecular weight excluding hydrogens is 212 g/mol. The molecule has 0 bridgehead atoms. The van der Waals surface area contributed by atoms with Crippen LogP contribution in [-0.2, 0) is 9.47 Å². The van der Waals surface area contributed by atoms with E-state index >= 15 is 0 Å². The van der Waals surface area contributed by atoms with Crippen LogP contribution in [0.25, 0.3) is 0 Å². The maximum absolute atomic E-state index is 9.50. The number of fused-ring (bicyclic) bond motifs is 1. The lowest BCUT2D eigenvalue weighted by molar-refractivity contribution is -0.113. The molecule has 5 heteroatoms. The van der Waals surface area contributed by atoms with Gasteiger partial charge < -0.3 is 24.8 Å². The monoisotopic (exact) mass is 232 g/mol. The second kappa shape index (κ2) is 5.42. The summed E-state index contributed by atoms with van der Waals surface area (Å²) in [4.78, 5) is 0. The molecule has 2 aliphatic rings. The molecule has 0 amide bonds. The molecule has 0 aliphatic carbocycles. The maximum Gasteiger partial charge on any atom is 0.103 e. The van der Waals surface area contributed by atoms with Crippen LogP contribution in [0.1, 0.15) is 25.7 Å². The molecule has 0 saturated carbocycles. The molecule has 3 N–H and O–H groups in total. The largest absolute Gasteiger partial charge is 0.396 e. The van der Waals surface area contributed by atoms with Gasteiger partial charge in [0.2, 0.25) is 0 Å². The zero-order valence-electron chi connectivity index (χ0n) is 9.29. The van der Waals surface area contributed by atoms with Gasteiger partial charge in [-0.3, -0.25) is 0 Å².